The van der Waals surface area contributed by atoms with Crippen LogP contribution < -0.4 is 17.3 Å². The van der Waals surface area contributed by atoms with Gasteiger partial charge in [0.2, 0.25) is 5.91 Å². The average Bonchev–Trinajstić information content (AvgIpc) is 2.56. The first-order valence-electron chi connectivity index (χ1n) is 8.03. The summed E-state index contributed by atoms with van der Waals surface area (Å²) in [5.74, 6) is 0.706. The molecule has 3 rings (SSSR count). The van der Waals surface area contributed by atoms with Crippen molar-refractivity contribution in [2.24, 2.45) is 5.92 Å². The van der Waals surface area contributed by atoms with Crippen molar-refractivity contribution in [1.82, 2.24) is 4.90 Å². The molecule has 0 saturated carbocycles. The van der Waals surface area contributed by atoms with Crippen LogP contribution in [0.2, 0.25) is 0 Å². The second-order valence-electron chi connectivity index (χ2n) is 6.13. The highest BCUT2D eigenvalue weighted by molar-refractivity contribution is 5.79. The molecule has 1 aromatic rings. The molecule has 0 aliphatic carbocycles. The Morgan fingerprint density at radius 1 is 1.00 bits per heavy atom. The molecule has 2 fully saturated rings. The number of quaternary nitrogens is 1. The van der Waals surface area contributed by atoms with Crippen LogP contribution in [-0.4, -0.2) is 37.0 Å². The molecule has 0 radical (unpaired) electrons. The summed E-state index contributed by atoms with van der Waals surface area (Å²) in [5.41, 5.74) is 1.37. The van der Waals surface area contributed by atoms with E-state index in [0.717, 1.165) is 39.0 Å². The Morgan fingerprint density at radius 2 is 1.62 bits per heavy atom. The SMILES string of the molecule is O=C(C1CC[NH+](c2ccccc2)CC1)N1CCCCC1.[Cl-]. The zero-order valence-corrected chi connectivity index (χ0v) is 13.3. The Bertz CT molecular complexity index is 437. The predicted molar refractivity (Wildman–Crippen MR) is 80.0 cm³/mol. The fraction of sp³-hybridized carbons (Fsp3) is 0.588. The van der Waals surface area contributed by atoms with Gasteiger partial charge >= 0.3 is 0 Å². The van der Waals surface area contributed by atoms with Crippen LogP contribution in [0.5, 0.6) is 0 Å². The number of piperidine rings is 2. The van der Waals surface area contributed by atoms with Crippen LogP contribution in [0.1, 0.15) is 32.1 Å². The van der Waals surface area contributed by atoms with E-state index in [1.807, 2.05) is 0 Å². The summed E-state index contributed by atoms with van der Waals surface area (Å²) < 4.78 is 0. The smallest absolute Gasteiger partial charge is 0.226 e. The zero-order chi connectivity index (χ0) is 13.8. The van der Waals surface area contributed by atoms with Gasteiger partial charge in [0, 0.05) is 31.8 Å². The molecular weight excluding hydrogens is 284 g/mol. The summed E-state index contributed by atoms with van der Waals surface area (Å²) in [6.45, 7) is 4.16. The van der Waals surface area contributed by atoms with Crippen molar-refractivity contribution in [3.05, 3.63) is 30.3 Å². The maximum absolute atomic E-state index is 12.5. The summed E-state index contributed by atoms with van der Waals surface area (Å²) in [6, 6.07) is 10.7. The quantitative estimate of drug-likeness (QED) is 0.716. The summed E-state index contributed by atoms with van der Waals surface area (Å²) in [6.07, 6.45) is 5.76. The minimum Gasteiger partial charge on any atom is -1.00 e. The third kappa shape index (κ3) is 3.98. The van der Waals surface area contributed by atoms with Gasteiger partial charge in [-0.25, -0.2) is 0 Å². The molecule has 0 aromatic heterocycles. The topological polar surface area (TPSA) is 24.8 Å². The van der Waals surface area contributed by atoms with E-state index < -0.39 is 0 Å². The second-order valence-corrected chi connectivity index (χ2v) is 6.13. The molecule has 0 atom stereocenters. The van der Waals surface area contributed by atoms with Crippen molar-refractivity contribution in [3.63, 3.8) is 0 Å². The third-order valence-electron chi connectivity index (χ3n) is 4.79. The van der Waals surface area contributed by atoms with Crippen molar-refractivity contribution >= 4 is 11.6 Å². The lowest BCUT2D eigenvalue weighted by atomic mass is 9.94. The Balaban J connectivity index is 0.00000161. The predicted octanol–water partition coefficient (Wildman–Crippen LogP) is -1.37. The highest BCUT2D eigenvalue weighted by Gasteiger charge is 2.31. The average molecular weight is 309 g/mol. The standard InChI is InChI=1S/C17H24N2O.ClH/c20-17(19-11-5-2-6-12-19)15-9-13-18(14-10-15)16-7-3-1-4-8-16;/h1,3-4,7-8,15H,2,5-6,9-14H2;1H. The first-order chi connectivity index (χ1) is 9.84. The second kappa shape index (κ2) is 7.81. The third-order valence-corrected chi connectivity index (χ3v) is 4.79. The lowest BCUT2D eigenvalue weighted by molar-refractivity contribution is -0.839. The van der Waals surface area contributed by atoms with E-state index in [4.69, 9.17) is 0 Å². The number of likely N-dealkylation sites (tertiary alicyclic amines) is 1. The lowest BCUT2D eigenvalue weighted by Crippen LogP contribution is -3.08. The van der Waals surface area contributed by atoms with Gasteiger partial charge < -0.3 is 22.2 Å². The van der Waals surface area contributed by atoms with E-state index in [0.29, 0.717) is 5.91 Å². The lowest BCUT2D eigenvalue weighted by Gasteiger charge is -2.33. The van der Waals surface area contributed by atoms with Crippen LogP contribution in [0.4, 0.5) is 5.69 Å². The van der Waals surface area contributed by atoms with Crippen LogP contribution in [0.3, 0.4) is 0 Å². The number of hydrogen-bond donors (Lipinski definition) is 1. The largest absolute Gasteiger partial charge is 1.00 e. The van der Waals surface area contributed by atoms with Crippen LogP contribution in [0, 0.1) is 5.92 Å². The van der Waals surface area contributed by atoms with E-state index in [-0.39, 0.29) is 18.3 Å². The van der Waals surface area contributed by atoms with Gasteiger partial charge in [-0.1, -0.05) is 18.2 Å². The van der Waals surface area contributed by atoms with E-state index in [1.165, 1.54) is 29.8 Å². The Labute approximate surface area is 133 Å². The monoisotopic (exact) mass is 308 g/mol. The minimum atomic E-state index is 0. The molecule has 2 aliphatic heterocycles. The number of amides is 1. The molecule has 3 nitrogen and oxygen atoms in total. The highest BCUT2D eigenvalue weighted by Crippen LogP contribution is 2.18. The molecule has 1 amide bonds. The Kier molecular flexibility index (Phi) is 6.07. The van der Waals surface area contributed by atoms with Crippen molar-refractivity contribution in [2.45, 2.75) is 32.1 Å². The van der Waals surface area contributed by atoms with Gasteiger partial charge in [-0.15, -0.1) is 0 Å². The van der Waals surface area contributed by atoms with Crippen LogP contribution in [-0.2, 0) is 4.79 Å². The van der Waals surface area contributed by atoms with Crippen molar-refractivity contribution in [3.8, 4) is 0 Å². The number of halogens is 1. The summed E-state index contributed by atoms with van der Waals surface area (Å²) in [7, 11) is 0. The molecule has 1 N–H and O–H groups in total. The highest BCUT2D eigenvalue weighted by atomic mass is 35.5. The van der Waals surface area contributed by atoms with E-state index in [9.17, 15) is 4.79 Å². The number of carbonyl (C=O) groups excluding carboxylic acids is 1. The molecule has 1 aromatic carbocycles. The molecule has 4 heteroatoms. The Hall–Kier alpha value is -1.06. The zero-order valence-electron chi connectivity index (χ0n) is 12.6. The van der Waals surface area contributed by atoms with E-state index >= 15 is 0 Å². The van der Waals surface area contributed by atoms with Gasteiger partial charge in [-0.05, 0) is 31.4 Å². The first-order valence-corrected chi connectivity index (χ1v) is 8.03. The summed E-state index contributed by atoms with van der Waals surface area (Å²) in [4.78, 5) is 16.2. The maximum atomic E-state index is 12.5. The first kappa shape index (κ1) is 16.3. The molecule has 0 bridgehead atoms. The molecule has 0 spiro atoms. The van der Waals surface area contributed by atoms with Crippen LogP contribution >= 0.6 is 0 Å². The van der Waals surface area contributed by atoms with Gasteiger partial charge in [0.25, 0.3) is 0 Å². The number of para-hydroxylation sites is 1. The van der Waals surface area contributed by atoms with Gasteiger partial charge in [-0.3, -0.25) is 4.79 Å². The maximum Gasteiger partial charge on any atom is 0.226 e. The number of benzene rings is 1. The fourth-order valence-corrected chi connectivity index (χ4v) is 3.55. The van der Waals surface area contributed by atoms with Gasteiger partial charge in [0.05, 0.1) is 13.1 Å². The van der Waals surface area contributed by atoms with Gasteiger partial charge in [0.15, 0.2) is 0 Å². The van der Waals surface area contributed by atoms with Crippen LogP contribution in [0.25, 0.3) is 0 Å². The van der Waals surface area contributed by atoms with E-state index in [2.05, 4.69) is 35.2 Å². The van der Waals surface area contributed by atoms with Crippen molar-refractivity contribution in [2.75, 3.05) is 26.2 Å². The molecular formula is C17H25ClN2O. The normalized spacial score (nSPS) is 26.0. The number of rotatable bonds is 2. The number of nitrogens with zero attached hydrogens (tertiary/aromatic N) is 1. The van der Waals surface area contributed by atoms with Gasteiger partial charge in [0.1, 0.15) is 5.69 Å². The molecule has 2 aliphatic rings. The van der Waals surface area contributed by atoms with Gasteiger partial charge in [-0.2, -0.15) is 0 Å². The van der Waals surface area contributed by atoms with Crippen LogP contribution in [0.15, 0.2) is 30.3 Å². The number of hydrogen-bond acceptors (Lipinski definition) is 1. The minimum absolute atomic E-state index is 0. The van der Waals surface area contributed by atoms with Crippen molar-refractivity contribution in [1.29, 1.82) is 0 Å². The molecule has 116 valence electrons. The number of nitrogens with one attached hydrogen (secondary N) is 1. The molecule has 21 heavy (non-hydrogen) atoms. The summed E-state index contributed by atoms with van der Waals surface area (Å²) in [5, 5.41) is 0. The fourth-order valence-electron chi connectivity index (χ4n) is 3.55. The molecule has 0 unspecified atom stereocenters. The van der Waals surface area contributed by atoms with E-state index in [1.54, 1.807) is 0 Å². The summed E-state index contributed by atoms with van der Waals surface area (Å²) >= 11 is 0. The van der Waals surface area contributed by atoms with Crippen molar-refractivity contribution < 1.29 is 22.1 Å². The molecule has 2 heterocycles. The molecule has 2 saturated heterocycles. The Morgan fingerprint density at radius 3 is 2.24 bits per heavy atom. The number of carbonyl (C=O) groups is 1.